The number of carbonyl (C=O) groups is 1. The molecule has 0 spiro atoms. The second-order valence-corrected chi connectivity index (χ2v) is 9.95. The van der Waals surface area contributed by atoms with E-state index in [2.05, 4.69) is 4.90 Å². The molecule has 1 aromatic carbocycles. The zero-order valence-electron chi connectivity index (χ0n) is 15.3. The lowest BCUT2D eigenvalue weighted by atomic mass is 10.0. The van der Waals surface area contributed by atoms with Crippen LogP contribution in [0, 0.1) is 12.8 Å². The second-order valence-electron chi connectivity index (χ2n) is 7.80. The van der Waals surface area contributed by atoms with Gasteiger partial charge in [-0.05, 0) is 37.3 Å². The molecule has 0 radical (unpaired) electrons. The van der Waals surface area contributed by atoms with Crippen molar-refractivity contribution in [3.05, 3.63) is 29.3 Å². The predicted molar refractivity (Wildman–Crippen MR) is 99.3 cm³/mol. The minimum Gasteiger partial charge on any atom is -0.496 e. The van der Waals surface area contributed by atoms with Crippen LogP contribution in [0.15, 0.2) is 18.2 Å². The largest absolute Gasteiger partial charge is 0.496 e. The summed E-state index contributed by atoms with van der Waals surface area (Å²) in [4.78, 5) is 17.4. The normalized spacial score (nSPS) is 28.0. The summed E-state index contributed by atoms with van der Waals surface area (Å²) < 4.78 is 30.1. The molecule has 6 nitrogen and oxygen atoms in total. The van der Waals surface area contributed by atoms with E-state index in [-0.39, 0.29) is 29.5 Å². The van der Waals surface area contributed by atoms with Crippen LogP contribution in [0.4, 0.5) is 0 Å². The molecular weight excluding hydrogens is 352 g/mol. The average Bonchev–Trinajstić information content (AvgIpc) is 3.34. The van der Waals surface area contributed by atoms with Crippen LogP contribution < -0.4 is 4.74 Å². The smallest absolute Gasteiger partial charge is 0.258 e. The summed E-state index contributed by atoms with van der Waals surface area (Å²) in [6, 6.07) is 5.20. The molecule has 142 valence electrons. The number of hydrogen-bond donors (Lipinski definition) is 0. The van der Waals surface area contributed by atoms with Crippen molar-refractivity contribution in [2.45, 2.75) is 31.8 Å². The van der Waals surface area contributed by atoms with Gasteiger partial charge < -0.3 is 9.64 Å². The first-order valence-corrected chi connectivity index (χ1v) is 11.1. The number of hydrogen-bond acceptors (Lipinski definition) is 5. The Labute approximate surface area is 155 Å². The molecule has 2 saturated heterocycles. The average molecular weight is 378 g/mol. The highest BCUT2D eigenvalue weighted by Crippen LogP contribution is 2.35. The molecule has 2 heterocycles. The second kappa shape index (κ2) is 6.53. The highest BCUT2D eigenvalue weighted by molar-refractivity contribution is 7.91. The van der Waals surface area contributed by atoms with Gasteiger partial charge in [0, 0.05) is 25.7 Å². The van der Waals surface area contributed by atoms with E-state index in [1.807, 2.05) is 19.1 Å². The van der Waals surface area contributed by atoms with Gasteiger partial charge in [-0.1, -0.05) is 12.1 Å². The van der Waals surface area contributed by atoms with Crippen LogP contribution in [0.2, 0.25) is 0 Å². The van der Waals surface area contributed by atoms with Crippen molar-refractivity contribution in [1.82, 2.24) is 9.80 Å². The number of nitrogens with zero attached hydrogens (tertiary/aromatic N) is 2. The zero-order chi connectivity index (χ0) is 18.5. The van der Waals surface area contributed by atoms with E-state index in [1.54, 1.807) is 18.1 Å². The molecule has 2 aliphatic heterocycles. The van der Waals surface area contributed by atoms with Crippen molar-refractivity contribution in [2.75, 3.05) is 38.2 Å². The molecule has 0 aromatic heterocycles. The molecule has 1 amide bonds. The number of piperazine rings is 1. The molecule has 3 aliphatic rings. The van der Waals surface area contributed by atoms with Gasteiger partial charge in [-0.15, -0.1) is 0 Å². The summed E-state index contributed by atoms with van der Waals surface area (Å²) in [7, 11) is -1.56. The number of carbonyl (C=O) groups excluding carboxylic acids is 1. The van der Waals surface area contributed by atoms with Crippen LogP contribution in [-0.4, -0.2) is 74.5 Å². The number of amides is 1. The molecular formula is C19H26N2O4S. The molecule has 4 rings (SSSR count). The monoisotopic (exact) mass is 378 g/mol. The molecule has 1 aliphatic carbocycles. The van der Waals surface area contributed by atoms with Crippen LogP contribution in [0.25, 0.3) is 0 Å². The fourth-order valence-electron chi connectivity index (χ4n) is 4.36. The van der Waals surface area contributed by atoms with Gasteiger partial charge in [0.25, 0.3) is 5.91 Å². The predicted octanol–water partition coefficient (Wildman–Crippen LogP) is 1.34. The molecule has 1 saturated carbocycles. The molecule has 1 aromatic rings. The molecule has 2 unspecified atom stereocenters. The van der Waals surface area contributed by atoms with E-state index in [4.69, 9.17) is 4.74 Å². The minimum absolute atomic E-state index is 0.0682. The van der Waals surface area contributed by atoms with Gasteiger partial charge in [-0.25, -0.2) is 8.42 Å². The SMILES string of the molecule is COc1cccc(C)c1C(=O)N1CCN(CC2CC2)C2CS(=O)(=O)CC21. The maximum absolute atomic E-state index is 13.3. The first-order valence-electron chi connectivity index (χ1n) is 9.28. The third-order valence-electron chi connectivity index (χ3n) is 5.91. The highest BCUT2D eigenvalue weighted by Gasteiger charge is 2.49. The number of benzene rings is 1. The van der Waals surface area contributed by atoms with Crippen molar-refractivity contribution in [3.63, 3.8) is 0 Å². The molecule has 26 heavy (non-hydrogen) atoms. The lowest BCUT2D eigenvalue weighted by molar-refractivity contribution is 0.0315. The Balaban J connectivity index is 1.64. The Morgan fingerprint density at radius 2 is 1.92 bits per heavy atom. The van der Waals surface area contributed by atoms with E-state index in [1.165, 1.54) is 12.8 Å². The highest BCUT2D eigenvalue weighted by atomic mass is 32.2. The number of aryl methyl sites for hydroxylation is 1. The van der Waals surface area contributed by atoms with Gasteiger partial charge in [-0.3, -0.25) is 9.69 Å². The number of rotatable bonds is 4. The van der Waals surface area contributed by atoms with Crippen molar-refractivity contribution in [3.8, 4) is 5.75 Å². The summed E-state index contributed by atoms with van der Waals surface area (Å²) in [5, 5.41) is 0. The summed E-state index contributed by atoms with van der Waals surface area (Å²) >= 11 is 0. The first kappa shape index (κ1) is 17.8. The van der Waals surface area contributed by atoms with Gasteiger partial charge >= 0.3 is 0 Å². The Morgan fingerprint density at radius 3 is 2.62 bits per heavy atom. The van der Waals surface area contributed by atoms with Crippen molar-refractivity contribution in [2.24, 2.45) is 5.92 Å². The Morgan fingerprint density at radius 1 is 1.19 bits per heavy atom. The van der Waals surface area contributed by atoms with Crippen LogP contribution in [-0.2, 0) is 9.84 Å². The van der Waals surface area contributed by atoms with E-state index < -0.39 is 9.84 Å². The molecule has 0 N–H and O–H groups in total. The quantitative estimate of drug-likeness (QED) is 0.791. The molecule has 0 bridgehead atoms. The zero-order valence-corrected chi connectivity index (χ0v) is 16.2. The lowest BCUT2D eigenvalue weighted by Gasteiger charge is -2.44. The topological polar surface area (TPSA) is 66.9 Å². The Bertz CT molecular complexity index is 819. The summed E-state index contributed by atoms with van der Waals surface area (Å²) in [5.41, 5.74) is 1.40. The van der Waals surface area contributed by atoms with Gasteiger partial charge in [0.05, 0.1) is 30.2 Å². The third-order valence-corrected chi connectivity index (χ3v) is 7.61. The Hall–Kier alpha value is -1.60. The maximum Gasteiger partial charge on any atom is 0.258 e. The van der Waals surface area contributed by atoms with Crippen LogP contribution in [0.5, 0.6) is 5.75 Å². The standard InChI is InChI=1S/C19H26N2O4S/c1-13-4-3-5-17(25-2)18(13)19(22)21-9-8-20(10-14-6-7-14)15-11-26(23,24)12-16(15)21/h3-5,14-16H,6-12H2,1-2H3. The van der Waals surface area contributed by atoms with Gasteiger partial charge in [0.1, 0.15) is 5.75 Å². The lowest BCUT2D eigenvalue weighted by Crippen LogP contribution is -2.61. The van der Waals surface area contributed by atoms with Crippen molar-refractivity contribution in [1.29, 1.82) is 0 Å². The molecule has 7 heteroatoms. The minimum atomic E-state index is -3.12. The maximum atomic E-state index is 13.3. The molecule has 3 fully saturated rings. The van der Waals surface area contributed by atoms with E-state index in [0.717, 1.165) is 18.7 Å². The number of sulfone groups is 1. The number of methoxy groups -OCH3 is 1. The third kappa shape index (κ3) is 3.22. The molecule has 2 atom stereocenters. The van der Waals surface area contributed by atoms with Crippen LogP contribution >= 0.6 is 0 Å². The van der Waals surface area contributed by atoms with E-state index in [0.29, 0.717) is 23.8 Å². The fourth-order valence-corrected chi connectivity index (χ4v) is 6.38. The first-order chi connectivity index (χ1) is 12.4. The van der Waals surface area contributed by atoms with Gasteiger partial charge in [-0.2, -0.15) is 0 Å². The van der Waals surface area contributed by atoms with Crippen LogP contribution in [0.1, 0.15) is 28.8 Å². The van der Waals surface area contributed by atoms with Gasteiger partial charge in [0.15, 0.2) is 9.84 Å². The van der Waals surface area contributed by atoms with Crippen LogP contribution in [0.3, 0.4) is 0 Å². The van der Waals surface area contributed by atoms with Crippen molar-refractivity contribution < 1.29 is 17.9 Å². The Kier molecular flexibility index (Phi) is 4.47. The van der Waals surface area contributed by atoms with E-state index >= 15 is 0 Å². The number of fused-ring (bicyclic) bond motifs is 1. The van der Waals surface area contributed by atoms with Gasteiger partial charge in [0.2, 0.25) is 0 Å². The van der Waals surface area contributed by atoms with E-state index in [9.17, 15) is 13.2 Å². The van der Waals surface area contributed by atoms with Crippen molar-refractivity contribution >= 4 is 15.7 Å². The summed E-state index contributed by atoms with van der Waals surface area (Å²) in [6.45, 7) is 4.17. The summed E-state index contributed by atoms with van der Waals surface area (Å²) in [6.07, 6.45) is 2.48. The summed E-state index contributed by atoms with van der Waals surface area (Å²) in [5.74, 6) is 1.38. The number of ether oxygens (including phenoxy) is 1. The fraction of sp³-hybridized carbons (Fsp3) is 0.632.